The van der Waals surface area contributed by atoms with Crippen molar-refractivity contribution in [2.45, 2.75) is 45.4 Å². The van der Waals surface area contributed by atoms with Crippen LogP contribution in [0.1, 0.15) is 49.3 Å². The van der Waals surface area contributed by atoms with Crippen molar-refractivity contribution >= 4 is 5.82 Å². The van der Waals surface area contributed by atoms with E-state index in [1.165, 1.54) is 0 Å². The molecular weight excluding hydrogens is 252 g/mol. The zero-order valence-electron chi connectivity index (χ0n) is 11.9. The molecule has 0 unspecified atom stereocenters. The van der Waals surface area contributed by atoms with E-state index in [4.69, 9.17) is 10.8 Å². The predicted molar refractivity (Wildman–Crippen MR) is 77.7 cm³/mol. The van der Waals surface area contributed by atoms with Gasteiger partial charge in [-0.3, -0.25) is 4.57 Å². The van der Waals surface area contributed by atoms with Crippen molar-refractivity contribution in [3.05, 3.63) is 29.6 Å². The van der Waals surface area contributed by atoms with E-state index in [1.807, 2.05) is 23.9 Å². The van der Waals surface area contributed by atoms with Crippen LogP contribution < -0.4 is 11.3 Å². The second-order valence-electron chi connectivity index (χ2n) is 5.26. The summed E-state index contributed by atoms with van der Waals surface area (Å²) in [7, 11) is 0. The minimum absolute atomic E-state index is 0.486. The molecule has 0 spiro atoms. The summed E-state index contributed by atoms with van der Waals surface area (Å²) in [6.45, 7) is 4.13. The number of nitrogens with two attached hydrogens (primary N) is 1. The van der Waals surface area contributed by atoms with Gasteiger partial charge in [0.2, 0.25) is 0 Å². The van der Waals surface area contributed by atoms with Crippen LogP contribution in [0.2, 0.25) is 0 Å². The number of hydrogen-bond donors (Lipinski definition) is 2. The Bertz CT molecular complexity index is 614. The van der Waals surface area contributed by atoms with Crippen molar-refractivity contribution < 1.29 is 0 Å². The topological polar surface area (TPSA) is 81.7 Å². The number of nitrogen functional groups attached to an aromatic ring is 1. The lowest BCUT2D eigenvalue weighted by atomic mass is 10.2. The first-order valence-electron chi connectivity index (χ1n) is 7.12. The smallest absolute Gasteiger partial charge is 0.148 e. The molecule has 6 heteroatoms. The molecule has 0 aliphatic heterocycles. The summed E-state index contributed by atoms with van der Waals surface area (Å²) < 4.78 is 2.05. The van der Waals surface area contributed by atoms with Gasteiger partial charge in [-0.1, -0.05) is 6.92 Å². The quantitative estimate of drug-likeness (QED) is 0.643. The maximum atomic E-state index is 5.59. The van der Waals surface area contributed by atoms with Crippen LogP contribution in [0.25, 0.3) is 5.82 Å². The van der Waals surface area contributed by atoms with Gasteiger partial charge in [-0.15, -0.1) is 0 Å². The van der Waals surface area contributed by atoms with Crippen molar-refractivity contribution in [1.82, 2.24) is 19.5 Å². The lowest BCUT2D eigenvalue weighted by molar-refractivity contribution is 0.780. The van der Waals surface area contributed by atoms with Gasteiger partial charge in [0.05, 0.1) is 0 Å². The van der Waals surface area contributed by atoms with Gasteiger partial charge in [-0.2, -0.15) is 0 Å². The van der Waals surface area contributed by atoms with E-state index in [-0.39, 0.29) is 0 Å². The van der Waals surface area contributed by atoms with Crippen LogP contribution in [-0.2, 0) is 6.42 Å². The van der Waals surface area contributed by atoms with Crippen LogP contribution in [0, 0.1) is 6.92 Å². The third-order valence-electron chi connectivity index (χ3n) is 3.64. The summed E-state index contributed by atoms with van der Waals surface area (Å²) in [6, 6.07) is 0. The van der Waals surface area contributed by atoms with Gasteiger partial charge in [0.15, 0.2) is 0 Å². The Morgan fingerprint density at radius 3 is 2.85 bits per heavy atom. The number of nitrogens with zero attached hydrogens (tertiary/aromatic N) is 4. The Morgan fingerprint density at radius 1 is 1.40 bits per heavy atom. The molecule has 6 nitrogen and oxygen atoms in total. The van der Waals surface area contributed by atoms with Crippen LogP contribution >= 0.6 is 0 Å². The van der Waals surface area contributed by atoms with Gasteiger partial charge >= 0.3 is 0 Å². The van der Waals surface area contributed by atoms with Crippen molar-refractivity contribution in [2.24, 2.45) is 5.84 Å². The van der Waals surface area contributed by atoms with E-state index >= 15 is 0 Å². The number of hydrazine groups is 1. The Balaban J connectivity index is 2.11. The molecule has 106 valence electrons. The Hall–Kier alpha value is -1.95. The Labute approximate surface area is 118 Å². The van der Waals surface area contributed by atoms with Crippen molar-refractivity contribution in [3.63, 3.8) is 0 Å². The summed E-state index contributed by atoms with van der Waals surface area (Å²) in [5.41, 5.74) is 3.64. The Kier molecular flexibility index (Phi) is 3.40. The SMILES string of the molecule is CCCc1nccn1-c1nc(C2CC2)nc(NN)c1C. The zero-order chi connectivity index (χ0) is 14.1. The minimum Gasteiger partial charge on any atom is -0.308 e. The van der Waals surface area contributed by atoms with Crippen molar-refractivity contribution in [2.75, 3.05) is 5.43 Å². The molecule has 0 aromatic carbocycles. The molecule has 0 bridgehead atoms. The standard InChI is InChI=1S/C14H20N6/c1-3-4-11-16-7-8-20(11)14-9(2)12(19-15)17-13(18-14)10-5-6-10/h7-8,10H,3-6,15H2,1-2H3,(H,17,18,19). The number of nitrogens with one attached hydrogen (secondary N) is 1. The fourth-order valence-electron chi connectivity index (χ4n) is 2.36. The molecule has 0 amide bonds. The lowest BCUT2D eigenvalue weighted by Gasteiger charge is -2.14. The highest BCUT2D eigenvalue weighted by atomic mass is 15.3. The fourth-order valence-corrected chi connectivity index (χ4v) is 2.36. The van der Waals surface area contributed by atoms with E-state index < -0.39 is 0 Å². The van der Waals surface area contributed by atoms with Crippen LogP contribution in [0.4, 0.5) is 5.82 Å². The summed E-state index contributed by atoms with van der Waals surface area (Å²) in [5, 5.41) is 0. The molecule has 2 aromatic heterocycles. The van der Waals surface area contributed by atoms with Gasteiger partial charge in [-0.25, -0.2) is 20.8 Å². The van der Waals surface area contributed by atoms with Crippen LogP contribution in [0.3, 0.4) is 0 Å². The highest BCUT2D eigenvalue weighted by Gasteiger charge is 2.28. The molecule has 1 aliphatic carbocycles. The summed E-state index contributed by atoms with van der Waals surface area (Å²) in [4.78, 5) is 13.7. The lowest BCUT2D eigenvalue weighted by Crippen LogP contribution is -2.15. The maximum absolute atomic E-state index is 5.59. The molecule has 3 rings (SSSR count). The van der Waals surface area contributed by atoms with E-state index in [0.717, 1.165) is 48.7 Å². The average Bonchev–Trinajstić information content (AvgIpc) is 3.20. The first-order valence-corrected chi connectivity index (χ1v) is 7.12. The molecule has 0 radical (unpaired) electrons. The van der Waals surface area contributed by atoms with E-state index in [0.29, 0.717) is 11.7 Å². The molecule has 3 N–H and O–H groups in total. The van der Waals surface area contributed by atoms with Crippen LogP contribution in [-0.4, -0.2) is 19.5 Å². The molecular formula is C14H20N6. The number of aromatic nitrogens is 4. The molecule has 1 aliphatic rings. The molecule has 2 aromatic rings. The fraction of sp³-hybridized carbons (Fsp3) is 0.500. The first kappa shape index (κ1) is 13.1. The van der Waals surface area contributed by atoms with E-state index in [9.17, 15) is 0 Å². The van der Waals surface area contributed by atoms with Gasteiger partial charge in [0, 0.05) is 30.3 Å². The second kappa shape index (κ2) is 5.20. The number of hydrogen-bond acceptors (Lipinski definition) is 5. The number of aryl methyl sites for hydroxylation is 1. The Morgan fingerprint density at radius 2 is 2.20 bits per heavy atom. The minimum atomic E-state index is 0.486. The van der Waals surface area contributed by atoms with Gasteiger partial charge in [0.1, 0.15) is 23.3 Å². The molecule has 0 saturated heterocycles. The summed E-state index contributed by atoms with van der Waals surface area (Å²) in [5.74, 6) is 9.58. The largest absolute Gasteiger partial charge is 0.308 e. The summed E-state index contributed by atoms with van der Waals surface area (Å²) >= 11 is 0. The third kappa shape index (κ3) is 2.27. The van der Waals surface area contributed by atoms with Crippen molar-refractivity contribution in [3.8, 4) is 5.82 Å². The normalized spacial score (nSPS) is 14.6. The van der Waals surface area contributed by atoms with E-state index in [2.05, 4.69) is 22.3 Å². The molecule has 1 fully saturated rings. The average molecular weight is 272 g/mol. The summed E-state index contributed by atoms with van der Waals surface area (Å²) in [6.07, 6.45) is 8.09. The van der Waals surface area contributed by atoms with Gasteiger partial charge in [0.25, 0.3) is 0 Å². The number of imidazole rings is 1. The van der Waals surface area contributed by atoms with Crippen LogP contribution in [0.15, 0.2) is 12.4 Å². The van der Waals surface area contributed by atoms with E-state index in [1.54, 1.807) is 0 Å². The third-order valence-corrected chi connectivity index (χ3v) is 3.64. The van der Waals surface area contributed by atoms with Gasteiger partial charge in [-0.05, 0) is 26.2 Å². The van der Waals surface area contributed by atoms with Crippen LogP contribution in [0.5, 0.6) is 0 Å². The molecule has 2 heterocycles. The predicted octanol–water partition coefficient (Wildman–Crippen LogP) is 2.09. The monoisotopic (exact) mass is 272 g/mol. The second-order valence-corrected chi connectivity index (χ2v) is 5.26. The maximum Gasteiger partial charge on any atom is 0.148 e. The number of anilines is 1. The van der Waals surface area contributed by atoms with Gasteiger partial charge < -0.3 is 5.43 Å². The molecule has 1 saturated carbocycles. The first-order chi connectivity index (χ1) is 9.74. The van der Waals surface area contributed by atoms with Crippen molar-refractivity contribution in [1.29, 1.82) is 0 Å². The number of rotatable bonds is 5. The molecule has 20 heavy (non-hydrogen) atoms. The highest BCUT2D eigenvalue weighted by molar-refractivity contribution is 5.51. The highest BCUT2D eigenvalue weighted by Crippen LogP contribution is 2.39. The zero-order valence-corrected chi connectivity index (χ0v) is 11.9. The molecule has 0 atom stereocenters.